The molecule has 10 heteroatoms. The molecule has 0 aliphatic heterocycles. The predicted molar refractivity (Wildman–Crippen MR) is 154 cm³/mol. The summed E-state index contributed by atoms with van der Waals surface area (Å²) in [6.45, 7) is 12.4. The van der Waals surface area contributed by atoms with Crippen LogP contribution in [0.4, 0.5) is 0 Å². The van der Waals surface area contributed by atoms with Gasteiger partial charge in [-0.05, 0) is 19.3 Å². The minimum absolute atomic E-state index is 0.00190. The summed E-state index contributed by atoms with van der Waals surface area (Å²) in [5.74, 6) is -0.270. The molecule has 0 radical (unpaired) electrons. The summed E-state index contributed by atoms with van der Waals surface area (Å²) in [4.78, 5) is 23.6. The topological polar surface area (TPSA) is 108 Å². The first-order valence-electron chi connectivity index (χ1n) is 15.4. The average molecular weight is 579 g/mol. The van der Waals surface area contributed by atoms with Crippen LogP contribution < -0.4 is 0 Å². The number of esters is 2. The molecule has 0 aromatic rings. The van der Waals surface area contributed by atoms with E-state index in [9.17, 15) is 9.59 Å². The van der Waals surface area contributed by atoms with Gasteiger partial charge in [0.1, 0.15) is 13.2 Å². The summed E-state index contributed by atoms with van der Waals surface area (Å²) >= 11 is 0. The van der Waals surface area contributed by atoms with E-state index >= 15 is 0 Å². The molecule has 0 aromatic carbocycles. The van der Waals surface area contributed by atoms with E-state index in [0.717, 1.165) is 38.5 Å². The minimum Gasteiger partial charge on any atom is -0.463 e. The van der Waals surface area contributed by atoms with Crippen molar-refractivity contribution < 1.29 is 47.5 Å². The van der Waals surface area contributed by atoms with Crippen LogP contribution in [0.1, 0.15) is 85.0 Å². The van der Waals surface area contributed by atoms with E-state index in [4.69, 9.17) is 37.9 Å². The van der Waals surface area contributed by atoms with E-state index in [1.54, 1.807) is 0 Å². The fourth-order valence-electron chi connectivity index (χ4n) is 3.62. The number of ether oxygens (including phenoxy) is 8. The number of rotatable bonds is 32. The molecule has 1 atom stereocenters. The van der Waals surface area contributed by atoms with Crippen molar-refractivity contribution in [2.24, 2.45) is 5.92 Å². The Hall–Kier alpha value is -1.30. The Balaban J connectivity index is 3.22. The summed E-state index contributed by atoms with van der Waals surface area (Å²) in [7, 11) is 0. The van der Waals surface area contributed by atoms with Gasteiger partial charge in [-0.25, -0.2) is 0 Å². The van der Waals surface area contributed by atoms with Gasteiger partial charge in [0, 0.05) is 6.42 Å². The summed E-state index contributed by atoms with van der Waals surface area (Å²) < 4.78 is 43.1. The maximum absolute atomic E-state index is 12.0. The van der Waals surface area contributed by atoms with Gasteiger partial charge in [0.25, 0.3) is 0 Å². The van der Waals surface area contributed by atoms with Crippen LogP contribution in [0.3, 0.4) is 0 Å². The van der Waals surface area contributed by atoms with Gasteiger partial charge >= 0.3 is 11.9 Å². The van der Waals surface area contributed by atoms with Crippen molar-refractivity contribution in [1.29, 1.82) is 0 Å². The lowest BCUT2D eigenvalue weighted by atomic mass is 10.00. The number of unbranched alkanes of at least 4 members (excludes halogenated alkanes) is 5. The van der Waals surface area contributed by atoms with E-state index in [2.05, 4.69) is 13.8 Å². The molecule has 238 valence electrons. The van der Waals surface area contributed by atoms with Crippen molar-refractivity contribution in [3.8, 4) is 0 Å². The van der Waals surface area contributed by atoms with Gasteiger partial charge in [-0.1, -0.05) is 59.3 Å². The minimum atomic E-state index is -0.148. The Morgan fingerprint density at radius 2 is 0.875 bits per heavy atom. The van der Waals surface area contributed by atoms with Gasteiger partial charge in [0.15, 0.2) is 0 Å². The van der Waals surface area contributed by atoms with Crippen molar-refractivity contribution in [2.75, 3.05) is 92.5 Å². The van der Waals surface area contributed by atoms with E-state index in [1.165, 1.54) is 19.3 Å². The molecule has 0 spiro atoms. The Kier molecular flexibility index (Phi) is 31.2. The molecule has 0 aliphatic carbocycles. The molecule has 0 bridgehead atoms. The Morgan fingerprint density at radius 1 is 0.475 bits per heavy atom. The molecule has 0 amide bonds. The lowest BCUT2D eigenvalue weighted by molar-refractivity contribution is -0.150. The van der Waals surface area contributed by atoms with Crippen LogP contribution in [0.2, 0.25) is 0 Å². The summed E-state index contributed by atoms with van der Waals surface area (Å²) in [5, 5.41) is 0. The van der Waals surface area contributed by atoms with Crippen molar-refractivity contribution in [2.45, 2.75) is 85.0 Å². The van der Waals surface area contributed by atoms with Gasteiger partial charge in [-0.3, -0.25) is 9.59 Å². The van der Waals surface area contributed by atoms with Gasteiger partial charge < -0.3 is 37.9 Å². The molecule has 1 unspecified atom stereocenters. The van der Waals surface area contributed by atoms with Crippen molar-refractivity contribution in [3.63, 3.8) is 0 Å². The van der Waals surface area contributed by atoms with E-state index in [1.807, 2.05) is 6.92 Å². The van der Waals surface area contributed by atoms with E-state index < -0.39 is 0 Å². The second kappa shape index (κ2) is 32.2. The summed E-state index contributed by atoms with van der Waals surface area (Å²) in [6, 6.07) is 0. The number of carbonyl (C=O) groups is 2. The zero-order chi connectivity index (χ0) is 29.4. The molecule has 40 heavy (non-hydrogen) atoms. The highest BCUT2D eigenvalue weighted by Crippen LogP contribution is 2.14. The van der Waals surface area contributed by atoms with E-state index in [-0.39, 0.29) is 31.1 Å². The average Bonchev–Trinajstić information content (AvgIpc) is 2.96. The van der Waals surface area contributed by atoms with Crippen LogP contribution in [0.5, 0.6) is 0 Å². The lowest BCUT2D eigenvalue weighted by Crippen LogP contribution is -2.20. The monoisotopic (exact) mass is 578 g/mol. The molecule has 0 fully saturated rings. The normalized spacial score (nSPS) is 12.0. The number of hydrogen-bond donors (Lipinski definition) is 0. The SMILES string of the molecule is CCCCCCCC(=O)OCCOCCOCCOCCOCCOCCOCCOC(=O)C(CC)CCCC. The van der Waals surface area contributed by atoms with Gasteiger partial charge in [-0.2, -0.15) is 0 Å². The maximum Gasteiger partial charge on any atom is 0.308 e. The quantitative estimate of drug-likeness (QED) is 0.0820. The lowest BCUT2D eigenvalue weighted by Gasteiger charge is -2.13. The zero-order valence-electron chi connectivity index (χ0n) is 25.6. The first-order valence-corrected chi connectivity index (χ1v) is 15.4. The number of hydrogen-bond acceptors (Lipinski definition) is 10. The molecule has 10 nitrogen and oxygen atoms in total. The van der Waals surface area contributed by atoms with E-state index in [0.29, 0.717) is 85.7 Å². The third kappa shape index (κ3) is 28.2. The fraction of sp³-hybridized carbons (Fsp3) is 0.933. The van der Waals surface area contributed by atoms with Gasteiger partial charge in [0.2, 0.25) is 0 Å². The largest absolute Gasteiger partial charge is 0.463 e. The van der Waals surface area contributed by atoms with Crippen molar-refractivity contribution >= 4 is 11.9 Å². The van der Waals surface area contributed by atoms with Gasteiger partial charge in [0.05, 0.1) is 85.2 Å². The third-order valence-corrected chi connectivity index (χ3v) is 6.04. The Bertz CT molecular complexity index is 547. The second-order valence-electron chi connectivity index (χ2n) is 9.47. The molecule has 0 aromatic heterocycles. The molecule has 0 N–H and O–H groups in total. The van der Waals surface area contributed by atoms with Crippen LogP contribution in [0.25, 0.3) is 0 Å². The molecule has 0 aliphatic rings. The molecule has 0 saturated heterocycles. The predicted octanol–water partition coefficient (Wildman–Crippen LogP) is 4.75. The van der Waals surface area contributed by atoms with Crippen molar-refractivity contribution in [1.82, 2.24) is 0 Å². The third-order valence-electron chi connectivity index (χ3n) is 6.04. The first-order chi connectivity index (χ1) is 19.7. The second-order valence-corrected chi connectivity index (χ2v) is 9.47. The van der Waals surface area contributed by atoms with Crippen LogP contribution in [-0.4, -0.2) is 104 Å². The summed E-state index contributed by atoms with van der Waals surface area (Å²) in [5.41, 5.74) is 0. The zero-order valence-corrected chi connectivity index (χ0v) is 25.6. The maximum atomic E-state index is 12.0. The highest BCUT2D eigenvalue weighted by Gasteiger charge is 2.16. The highest BCUT2D eigenvalue weighted by atomic mass is 16.6. The Morgan fingerprint density at radius 3 is 1.30 bits per heavy atom. The summed E-state index contributed by atoms with van der Waals surface area (Å²) in [6.07, 6.45) is 9.91. The molecular weight excluding hydrogens is 520 g/mol. The number of carbonyl (C=O) groups excluding carboxylic acids is 2. The molecule has 0 rings (SSSR count). The smallest absolute Gasteiger partial charge is 0.308 e. The van der Waals surface area contributed by atoms with Crippen LogP contribution >= 0.6 is 0 Å². The molecule has 0 heterocycles. The van der Waals surface area contributed by atoms with Crippen molar-refractivity contribution in [3.05, 3.63) is 0 Å². The highest BCUT2D eigenvalue weighted by molar-refractivity contribution is 5.72. The van der Waals surface area contributed by atoms with Crippen LogP contribution in [0, 0.1) is 5.92 Å². The molecule has 0 saturated carbocycles. The van der Waals surface area contributed by atoms with Crippen LogP contribution in [0.15, 0.2) is 0 Å². The standard InChI is InChI=1S/C30H58O10/c1-4-7-9-10-11-13-29(31)39-26-24-37-22-20-35-18-16-33-14-15-34-17-19-36-21-23-38-25-27-40-30(32)28(6-3)12-8-5-2/h28H,4-27H2,1-3H3. The molecular formula is C30H58O10. The Labute approximate surface area is 243 Å². The fourth-order valence-corrected chi connectivity index (χ4v) is 3.62. The van der Waals surface area contributed by atoms with Crippen LogP contribution in [-0.2, 0) is 47.5 Å². The first kappa shape index (κ1) is 38.7. The van der Waals surface area contributed by atoms with Gasteiger partial charge in [-0.15, -0.1) is 0 Å².